The molecule has 146 valence electrons. The quantitative estimate of drug-likeness (QED) is 0.484. The number of carbonyl (C=O) groups is 1. The van der Waals surface area contributed by atoms with Crippen molar-refractivity contribution < 1.29 is 9.53 Å². The van der Waals surface area contributed by atoms with Crippen molar-refractivity contribution in [1.29, 1.82) is 0 Å². The molecule has 0 N–H and O–H groups in total. The molecule has 4 rings (SSSR count). The monoisotopic (exact) mass is 379 g/mol. The summed E-state index contributed by atoms with van der Waals surface area (Å²) in [7, 11) is 0. The number of nitrogens with zero attached hydrogens (tertiary/aromatic N) is 5. The summed E-state index contributed by atoms with van der Waals surface area (Å²) in [6.45, 7) is 4.81. The second kappa shape index (κ2) is 8.37. The van der Waals surface area contributed by atoms with Crippen molar-refractivity contribution in [3.8, 4) is 0 Å². The fraction of sp³-hybridized carbons (Fsp3) is 0.429. The summed E-state index contributed by atoms with van der Waals surface area (Å²) < 4.78 is 7.73. The lowest BCUT2D eigenvalue weighted by Crippen LogP contribution is -2.37. The number of para-hydroxylation sites is 2. The largest absolute Gasteiger partial charge is 0.465 e. The minimum Gasteiger partial charge on any atom is -0.465 e. The molecule has 1 aliphatic rings. The van der Waals surface area contributed by atoms with Crippen molar-refractivity contribution in [1.82, 2.24) is 19.5 Å². The third-order valence-electron chi connectivity index (χ3n) is 5.28. The molecular formula is C21H25N5O2. The lowest BCUT2D eigenvalue weighted by Gasteiger charge is -2.30. The third kappa shape index (κ3) is 3.98. The zero-order chi connectivity index (χ0) is 19.3. The number of hydrogen-bond donors (Lipinski definition) is 0. The maximum absolute atomic E-state index is 12.4. The molecule has 0 unspecified atom stereocenters. The van der Waals surface area contributed by atoms with Crippen molar-refractivity contribution in [2.45, 2.75) is 32.7 Å². The topological polar surface area (TPSA) is 73.1 Å². The summed E-state index contributed by atoms with van der Waals surface area (Å²) in [5, 5.41) is 0. The summed E-state index contributed by atoms with van der Waals surface area (Å²) in [6, 6.07) is 9.92. The Balaban J connectivity index is 1.22. The molecule has 0 radical (unpaired) electrons. The van der Waals surface area contributed by atoms with Gasteiger partial charge in [-0.25, -0.2) is 15.0 Å². The molecule has 1 fully saturated rings. The van der Waals surface area contributed by atoms with Crippen molar-refractivity contribution in [3.05, 3.63) is 48.5 Å². The van der Waals surface area contributed by atoms with Gasteiger partial charge in [-0.05, 0) is 44.4 Å². The van der Waals surface area contributed by atoms with Crippen LogP contribution in [0.25, 0.3) is 11.0 Å². The maximum Gasteiger partial charge on any atom is 0.309 e. The predicted octanol–water partition coefficient (Wildman–Crippen LogP) is 2.98. The van der Waals surface area contributed by atoms with Crippen molar-refractivity contribution in [2.24, 2.45) is 5.92 Å². The van der Waals surface area contributed by atoms with Crippen LogP contribution in [0, 0.1) is 12.8 Å². The molecule has 1 aromatic carbocycles. The van der Waals surface area contributed by atoms with Gasteiger partial charge in [-0.2, -0.15) is 0 Å². The number of piperidine rings is 1. The molecule has 0 saturated carbocycles. The van der Waals surface area contributed by atoms with E-state index in [1.165, 1.54) is 0 Å². The fourth-order valence-corrected chi connectivity index (χ4v) is 3.76. The summed E-state index contributed by atoms with van der Waals surface area (Å²) in [5.74, 6) is 1.61. The number of rotatable bonds is 6. The molecule has 0 amide bonds. The van der Waals surface area contributed by atoms with Gasteiger partial charge >= 0.3 is 5.97 Å². The Bertz CT molecular complexity index is 932. The van der Waals surface area contributed by atoms with Crippen LogP contribution in [-0.4, -0.2) is 45.2 Å². The van der Waals surface area contributed by atoms with Crippen molar-refractivity contribution in [3.63, 3.8) is 0 Å². The highest BCUT2D eigenvalue weighted by Gasteiger charge is 2.27. The third-order valence-corrected chi connectivity index (χ3v) is 5.28. The standard InChI is InChI=1S/C21H25N5O2/c1-16-24-18-6-2-3-7-19(18)26(16)12-5-15-28-20(27)17-8-13-25(14-9-17)21-22-10-4-11-23-21/h2-4,6-7,10-11,17H,5,8-9,12-15H2,1H3. The van der Waals surface area contributed by atoms with Crippen LogP contribution in [0.15, 0.2) is 42.7 Å². The second-order valence-electron chi connectivity index (χ2n) is 7.13. The first kappa shape index (κ1) is 18.4. The number of benzene rings is 1. The molecule has 0 aliphatic carbocycles. The van der Waals surface area contributed by atoms with Gasteiger partial charge in [0.2, 0.25) is 5.95 Å². The van der Waals surface area contributed by atoms with Gasteiger partial charge in [0.1, 0.15) is 5.82 Å². The molecule has 0 atom stereocenters. The van der Waals surface area contributed by atoms with Gasteiger partial charge < -0.3 is 14.2 Å². The maximum atomic E-state index is 12.4. The number of esters is 1. The number of aromatic nitrogens is 4. The van der Waals surface area contributed by atoms with E-state index >= 15 is 0 Å². The summed E-state index contributed by atoms with van der Waals surface area (Å²) >= 11 is 0. The number of ether oxygens (including phenoxy) is 1. The van der Waals surface area contributed by atoms with Gasteiger partial charge in [0.25, 0.3) is 0 Å². The molecular weight excluding hydrogens is 354 g/mol. The molecule has 1 aliphatic heterocycles. The predicted molar refractivity (Wildman–Crippen MR) is 107 cm³/mol. The van der Waals surface area contributed by atoms with E-state index in [2.05, 4.69) is 30.5 Å². The first-order chi connectivity index (χ1) is 13.7. The second-order valence-corrected chi connectivity index (χ2v) is 7.13. The Labute approximate surface area is 164 Å². The van der Waals surface area contributed by atoms with Crippen molar-refractivity contribution >= 4 is 23.0 Å². The Morgan fingerprint density at radius 2 is 1.89 bits per heavy atom. The van der Waals surface area contributed by atoms with E-state index in [1.54, 1.807) is 12.4 Å². The van der Waals surface area contributed by atoms with Gasteiger partial charge in [0.05, 0.1) is 23.6 Å². The van der Waals surface area contributed by atoms with Crippen LogP contribution in [-0.2, 0) is 16.1 Å². The average Bonchev–Trinajstić information content (AvgIpc) is 3.07. The SMILES string of the molecule is Cc1nc2ccccc2n1CCCOC(=O)C1CCN(c2ncccn2)CC1. The number of anilines is 1. The lowest BCUT2D eigenvalue weighted by molar-refractivity contribution is -0.149. The normalized spacial score (nSPS) is 15.1. The van der Waals surface area contributed by atoms with Crippen LogP contribution in [0.4, 0.5) is 5.95 Å². The van der Waals surface area contributed by atoms with Crippen LogP contribution in [0.1, 0.15) is 25.1 Å². The highest BCUT2D eigenvalue weighted by Crippen LogP contribution is 2.21. The Kier molecular flexibility index (Phi) is 5.50. The number of aryl methyl sites for hydroxylation is 2. The molecule has 2 aromatic heterocycles. The van der Waals surface area contributed by atoms with Crippen LogP contribution in [0.3, 0.4) is 0 Å². The molecule has 0 bridgehead atoms. The minimum atomic E-state index is -0.0826. The van der Waals surface area contributed by atoms with E-state index in [-0.39, 0.29) is 11.9 Å². The lowest BCUT2D eigenvalue weighted by atomic mass is 9.97. The molecule has 7 heteroatoms. The summed E-state index contributed by atoms with van der Waals surface area (Å²) in [6.07, 6.45) is 5.83. The van der Waals surface area contributed by atoms with Crippen LogP contribution in [0.5, 0.6) is 0 Å². The van der Waals surface area contributed by atoms with E-state index in [0.29, 0.717) is 6.61 Å². The molecule has 3 heterocycles. The van der Waals surface area contributed by atoms with E-state index in [9.17, 15) is 4.79 Å². The summed E-state index contributed by atoms with van der Waals surface area (Å²) in [4.78, 5) is 27.6. The molecule has 1 saturated heterocycles. The molecule has 0 spiro atoms. The van der Waals surface area contributed by atoms with E-state index in [0.717, 1.165) is 61.7 Å². The van der Waals surface area contributed by atoms with Crippen LogP contribution in [0.2, 0.25) is 0 Å². The first-order valence-corrected chi connectivity index (χ1v) is 9.83. The Hall–Kier alpha value is -2.96. The number of carbonyl (C=O) groups excluding carboxylic acids is 1. The highest BCUT2D eigenvalue weighted by atomic mass is 16.5. The Morgan fingerprint density at radius 1 is 1.14 bits per heavy atom. The van der Waals surface area contributed by atoms with Gasteiger partial charge in [-0.3, -0.25) is 4.79 Å². The average molecular weight is 379 g/mol. The number of hydrogen-bond acceptors (Lipinski definition) is 6. The summed E-state index contributed by atoms with van der Waals surface area (Å²) in [5.41, 5.74) is 2.13. The smallest absolute Gasteiger partial charge is 0.309 e. The zero-order valence-electron chi connectivity index (χ0n) is 16.1. The Morgan fingerprint density at radius 3 is 2.68 bits per heavy atom. The van der Waals surface area contributed by atoms with Crippen LogP contribution >= 0.6 is 0 Å². The molecule has 28 heavy (non-hydrogen) atoms. The van der Waals surface area contributed by atoms with Gasteiger partial charge in [0.15, 0.2) is 0 Å². The molecule has 7 nitrogen and oxygen atoms in total. The first-order valence-electron chi connectivity index (χ1n) is 9.83. The minimum absolute atomic E-state index is 0.0317. The highest BCUT2D eigenvalue weighted by molar-refractivity contribution is 5.75. The van der Waals surface area contributed by atoms with Crippen molar-refractivity contribution in [2.75, 3.05) is 24.6 Å². The van der Waals surface area contributed by atoms with Gasteiger partial charge in [0, 0.05) is 32.0 Å². The van der Waals surface area contributed by atoms with Gasteiger partial charge in [-0.1, -0.05) is 12.1 Å². The molecule has 3 aromatic rings. The fourth-order valence-electron chi connectivity index (χ4n) is 3.76. The van der Waals surface area contributed by atoms with E-state index < -0.39 is 0 Å². The van der Waals surface area contributed by atoms with E-state index in [4.69, 9.17) is 4.74 Å². The number of imidazole rings is 1. The van der Waals surface area contributed by atoms with Gasteiger partial charge in [-0.15, -0.1) is 0 Å². The number of fused-ring (bicyclic) bond motifs is 1. The van der Waals surface area contributed by atoms with E-state index in [1.807, 2.05) is 31.2 Å². The van der Waals surface area contributed by atoms with Crippen LogP contribution < -0.4 is 4.90 Å². The zero-order valence-corrected chi connectivity index (χ0v) is 16.1.